The number of thiocarbonyl (C=S) groups is 1. The lowest BCUT2D eigenvalue weighted by Crippen LogP contribution is -2.38. The Morgan fingerprint density at radius 2 is 1.90 bits per heavy atom. The normalized spacial score (nSPS) is 22.2. The van der Waals surface area contributed by atoms with Gasteiger partial charge in [-0.25, -0.2) is 4.98 Å². The minimum absolute atomic E-state index is 0.00903. The van der Waals surface area contributed by atoms with Gasteiger partial charge < -0.3 is 14.8 Å². The molecule has 5 rings (SSSR count). The van der Waals surface area contributed by atoms with Gasteiger partial charge in [-0.2, -0.15) is 0 Å². The van der Waals surface area contributed by atoms with Crippen LogP contribution in [-0.4, -0.2) is 30.6 Å². The van der Waals surface area contributed by atoms with E-state index in [1.165, 1.54) is 25.7 Å². The lowest BCUT2D eigenvalue weighted by Gasteiger charge is -2.33. The minimum atomic E-state index is -0.00903. The maximum absolute atomic E-state index is 6.06. The van der Waals surface area contributed by atoms with Crippen LogP contribution in [-0.2, 0) is 0 Å². The second kappa shape index (κ2) is 7.76. The third-order valence-corrected chi connectivity index (χ3v) is 6.45. The SMILES string of the molecule is S=C1N[C@H](c2ccccn2)[C@H](c2cccn2-c2ccc(Cl)cn2)N1C1CCCC1. The van der Waals surface area contributed by atoms with Crippen LogP contribution >= 0.6 is 23.8 Å². The van der Waals surface area contributed by atoms with E-state index >= 15 is 0 Å². The zero-order chi connectivity index (χ0) is 19.8. The van der Waals surface area contributed by atoms with Crippen LogP contribution in [0.25, 0.3) is 5.82 Å². The maximum Gasteiger partial charge on any atom is 0.170 e. The van der Waals surface area contributed by atoms with Gasteiger partial charge in [0.1, 0.15) is 5.82 Å². The molecule has 2 fully saturated rings. The van der Waals surface area contributed by atoms with Crippen molar-refractivity contribution < 1.29 is 0 Å². The minimum Gasteiger partial charge on any atom is -0.352 e. The van der Waals surface area contributed by atoms with Gasteiger partial charge in [-0.1, -0.05) is 30.5 Å². The molecule has 1 saturated carbocycles. The zero-order valence-corrected chi connectivity index (χ0v) is 17.5. The van der Waals surface area contributed by atoms with E-state index in [1.54, 1.807) is 6.20 Å². The van der Waals surface area contributed by atoms with E-state index in [-0.39, 0.29) is 12.1 Å². The lowest BCUT2D eigenvalue weighted by atomic mass is 9.99. The van der Waals surface area contributed by atoms with Crippen LogP contribution in [0.4, 0.5) is 0 Å². The molecule has 0 unspecified atom stereocenters. The summed E-state index contributed by atoms with van der Waals surface area (Å²) in [6.45, 7) is 0. The first-order valence-electron chi connectivity index (χ1n) is 10.0. The van der Waals surface area contributed by atoms with Crippen LogP contribution < -0.4 is 5.32 Å². The average Bonchev–Trinajstić information content (AvgIpc) is 3.48. The Hall–Kier alpha value is -2.44. The van der Waals surface area contributed by atoms with Crippen molar-refractivity contribution in [2.45, 2.75) is 43.8 Å². The second-order valence-electron chi connectivity index (χ2n) is 7.61. The van der Waals surface area contributed by atoms with Crippen molar-refractivity contribution in [1.29, 1.82) is 0 Å². The van der Waals surface area contributed by atoms with Crippen molar-refractivity contribution in [2.24, 2.45) is 0 Å². The summed E-state index contributed by atoms with van der Waals surface area (Å²) in [6, 6.07) is 14.6. The van der Waals surface area contributed by atoms with Gasteiger partial charge in [-0.15, -0.1) is 0 Å². The largest absolute Gasteiger partial charge is 0.352 e. The number of nitrogens with one attached hydrogen (secondary N) is 1. The third-order valence-electron chi connectivity index (χ3n) is 5.90. The van der Waals surface area contributed by atoms with Gasteiger partial charge in [0.05, 0.1) is 22.8 Å². The number of nitrogens with zero attached hydrogens (tertiary/aromatic N) is 4. The molecule has 0 spiro atoms. The number of aromatic nitrogens is 3. The monoisotopic (exact) mass is 423 g/mol. The van der Waals surface area contributed by atoms with Crippen molar-refractivity contribution in [1.82, 2.24) is 24.8 Å². The van der Waals surface area contributed by atoms with Crippen molar-refractivity contribution in [3.8, 4) is 5.82 Å². The number of pyridine rings is 2. The van der Waals surface area contributed by atoms with Gasteiger partial charge >= 0.3 is 0 Å². The van der Waals surface area contributed by atoms with Gasteiger partial charge in [0.25, 0.3) is 0 Å². The third kappa shape index (κ3) is 3.40. The predicted octanol–water partition coefficient (Wildman–Crippen LogP) is 4.84. The lowest BCUT2D eigenvalue weighted by molar-refractivity contribution is 0.239. The molecule has 148 valence electrons. The number of hydrogen-bond donors (Lipinski definition) is 1. The summed E-state index contributed by atoms with van der Waals surface area (Å²) in [4.78, 5) is 11.6. The molecule has 0 amide bonds. The van der Waals surface area contributed by atoms with Gasteiger partial charge in [0, 0.05) is 30.3 Å². The van der Waals surface area contributed by atoms with E-state index in [1.807, 2.05) is 30.5 Å². The molecule has 0 radical (unpaired) electrons. The summed E-state index contributed by atoms with van der Waals surface area (Å²) < 4.78 is 2.13. The Morgan fingerprint density at radius 3 is 2.62 bits per heavy atom. The number of hydrogen-bond acceptors (Lipinski definition) is 3. The molecule has 5 nitrogen and oxygen atoms in total. The Labute approximate surface area is 180 Å². The first kappa shape index (κ1) is 18.6. The van der Waals surface area contributed by atoms with Crippen LogP contribution in [0.1, 0.15) is 49.2 Å². The molecule has 7 heteroatoms. The first-order valence-corrected chi connectivity index (χ1v) is 10.8. The van der Waals surface area contributed by atoms with E-state index in [0.29, 0.717) is 11.1 Å². The molecule has 1 N–H and O–H groups in total. The highest BCUT2D eigenvalue weighted by atomic mass is 35.5. The Kier molecular flexibility index (Phi) is 4.97. The highest BCUT2D eigenvalue weighted by Gasteiger charge is 2.44. The molecule has 0 bridgehead atoms. The van der Waals surface area contributed by atoms with Crippen LogP contribution in [0, 0.1) is 0 Å². The van der Waals surface area contributed by atoms with E-state index in [9.17, 15) is 0 Å². The van der Waals surface area contributed by atoms with Crippen LogP contribution in [0.5, 0.6) is 0 Å². The molecule has 1 aliphatic carbocycles. The van der Waals surface area contributed by atoms with Crippen LogP contribution in [0.3, 0.4) is 0 Å². The Morgan fingerprint density at radius 1 is 1.03 bits per heavy atom. The van der Waals surface area contributed by atoms with Crippen LogP contribution in [0.15, 0.2) is 61.1 Å². The maximum atomic E-state index is 6.06. The van der Waals surface area contributed by atoms with E-state index in [4.69, 9.17) is 23.8 Å². The van der Waals surface area contributed by atoms with Gasteiger partial charge in [0.15, 0.2) is 5.11 Å². The number of rotatable bonds is 4. The Bertz CT molecular complexity index is 998. The van der Waals surface area contributed by atoms with E-state index in [2.05, 4.69) is 49.1 Å². The summed E-state index contributed by atoms with van der Waals surface area (Å²) >= 11 is 11.9. The van der Waals surface area contributed by atoms with Gasteiger partial charge in [-0.05, 0) is 61.5 Å². The van der Waals surface area contributed by atoms with E-state index < -0.39 is 0 Å². The molecule has 2 atom stereocenters. The van der Waals surface area contributed by atoms with Crippen molar-refractivity contribution in [2.75, 3.05) is 0 Å². The molecule has 0 aromatic carbocycles. The molecule has 29 heavy (non-hydrogen) atoms. The zero-order valence-electron chi connectivity index (χ0n) is 15.9. The summed E-state index contributed by atoms with van der Waals surface area (Å²) in [5.74, 6) is 0.846. The van der Waals surface area contributed by atoms with Crippen molar-refractivity contribution >= 4 is 28.9 Å². The Balaban J connectivity index is 1.61. The highest BCUT2D eigenvalue weighted by molar-refractivity contribution is 7.80. The summed E-state index contributed by atoms with van der Waals surface area (Å²) in [6.07, 6.45) is 10.4. The molecular formula is C22H22ClN5S. The van der Waals surface area contributed by atoms with Gasteiger partial charge in [0.2, 0.25) is 0 Å². The number of halogens is 1. The topological polar surface area (TPSA) is 46.0 Å². The van der Waals surface area contributed by atoms with E-state index in [0.717, 1.165) is 22.3 Å². The van der Waals surface area contributed by atoms with Crippen molar-refractivity contribution in [3.63, 3.8) is 0 Å². The summed E-state index contributed by atoms with van der Waals surface area (Å²) in [5, 5.41) is 5.01. The smallest absolute Gasteiger partial charge is 0.170 e. The molecule has 2 aliphatic rings. The van der Waals surface area contributed by atoms with Crippen LogP contribution in [0.2, 0.25) is 5.02 Å². The summed E-state index contributed by atoms with van der Waals surface area (Å²) in [7, 11) is 0. The standard InChI is InChI=1S/C22H22ClN5S/c23-15-10-11-19(25-14-15)27-13-5-9-18(27)21-20(17-8-3-4-12-24-17)26-22(29)28(21)16-6-1-2-7-16/h3-5,8-14,16,20-21H,1-2,6-7H2,(H,26,29)/t20-,21+/m1/s1. The fraction of sp³-hybridized carbons (Fsp3) is 0.318. The molecule has 3 aromatic heterocycles. The molecule has 3 aromatic rings. The molecule has 1 aliphatic heterocycles. The quantitative estimate of drug-likeness (QED) is 0.608. The van der Waals surface area contributed by atoms with Crippen molar-refractivity contribution in [3.05, 3.63) is 77.5 Å². The highest BCUT2D eigenvalue weighted by Crippen LogP contribution is 2.43. The molecular weight excluding hydrogens is 402 g/mol. The van der Waals surface area contributed by atoms with Gasteiger partial charge in [-0.3, -0.25) is 4.98 Å². The second-order valence-corrected chi connectivity index (χ2v) is 8.43. The summed E-state index contributed by atoms with van der Waals surface area (Å²) in [5.41, 5.74) is 2.15. The first-order chi connectivity index (χ1) is 14.2. The predicted molar refractivity (Wildman–Crippen MR) is 118 cm³/mol. The fourth-order valence-electron chi connectivity index (χ4n) is 4.61. The molecule has 4 heterocycles. The molecule has 1 saturated heterocycles. The average molecular weight is 424 g/mol. The fourth-order valence-corrected chi connectivity index (χ4v) is 5.11.